The number of fused-ring (bicyclic) bond motifs is 1. The van der Waals surface area contributed by atoms with Crippen LogP contribution in [0.5, 0.6) is 0 Å². The van der Waals surface area contributed by atoms with Gasteiger partial charge in [-0.05, 0) is 29.2 Å². The summed E-state index contributed by atoms with van der Waals surface area (Å²) in [6.07, 6.45) is 4.67. The van der Waals surface area contributed by atoms with Crippen molar-refractivity contribution in [2.24, 2.45) is 5.92 Å². The summed E-state index contributed by atoms with van der Waals surface area (Å²) in [6.45, 7) is 0.547. The predicted molar refractivity (Wildman–Crippen MR) is 95.6 cm³/mol. The van der Waals surface area contributed by atoms with E-state index < -0.39 is 12.0 Å². The van der Waals surface area contributed by atoms with Gasteiger partial charge in [-0.3, -0.25) is 14.9 Å². The summed E-state index contributed by atoms with van der Waals surface area (Å²) < 4.78 is 0. The van der Waals surface area contributed by atoms with Gasteiger partial charge in [-0.2, -0.15) is 0 Å². The van der Waals surface area contributed by atoms with Crippen molar-refractivity contribution in [2.45, 2.75) is 50.7 Å². The van der Waals surface area contributed by atoms with Crippen molar-refractivity contribution in [2.75, 3.05) is 0 Å². The third-order valence-electron chi connectivity index (χ3n) is 5.61. The third kappa shape index (κ3) is 3.11. The topological polar surface area (TPSA) is 63.4 Å². The van der Waals surface area contributed by atoms with E-state index in [1.165, 1.54) is 0 Å². The molecule has 2 aromatic rings. The molecule has 2 saturated carbocycles. The smallest absolute Gasteiger partial charge is 0.233 e. The summed E-state index contributed by atoms with van der Waals surface area (Å²) in [5.41, 5.74) is 1.12. The van der Waals surface area contributed by atoms with Crippen LogP contribution >= 0.6 is 0 Å². The number of hydrogen-bond donors (Lipinski definition) is 0. The summed E-state index contributed by atoms with van der Waals surface area (Å²) in [6, 6.07) is 13.9. The first-order valence-corrected chi connectivity index (χ1v) is 9.06. The molecule has 0 spiro atoms. The molecule has 2 aliphatic carbocycles. The van der Waals surface area contributed by atoms with Gasteiger partial charge in [0.2, 0.25) is 11.9 Å². The minimum absolute atomic E-state index is 0.0264. The summed E-state index contributed by atoms with van der Waals surface area (Å²) in [4.78, 5) is 25.6. The van der Waals surface area contributed by atoms with Crippen LogP contribution in [0.1, 0.15) is 37.7 Å². The SMILES string of the molecule is O=C([C@@H]1C[C@H]1[N+](=O)[O-])N(Cc1cccc2ccccc12)C1CCCC1. The number of nitrogens with zero attached hydrogens (tertiary/aromatic N) is 2. The fourth-order valence-electron chi connectivity index (χ4n) is 4.11. The number of hydrogen-bond acceptors (Lipinski definition) is 3. The van der Waals surface area contributed by atoms with Crippen molar-refractivity contribution >= 4 is 16.7 Å². The Morgan fingerprint density at radius 3 is 2.56 bits per heavy atom. The highest BCUT2D eigenvalue weighted by molar-refractivity contribution is 5.87. The van der Waals surface area contributed by atoms with E-state index in [0.717, 1.165) is 42.0 Å². The highest BCUT2D eigenvalue weighted by Crippen LogP contribution is 2.38. The van der Waals surface area contributed by atoms with Crippen molar-refractivity contribution in [1.82, 2.24) is 4.90 Å². The van der Waals surface area contributed by atoms with E-state index in [1.54, 1.807) is 0 Å². The van der Waals surface area contributed by atoms with Gasteiger partial charge in [-0.25, -0.2) is 0 Å². The van der Waals surface area contributed by atoms with Crippen LogP contribution in [0.4, 0.5) is 0 Å². The molecule has 0 aromatic heterocycles. The fraction of sp³-hybridized carbons (Fsp3) is 0.450. The normalized spacial score (nSPS) is 22.9. The molecule has 25 heavy (non-hydrogen) atoms. The Kier molecular flexibility index (Phi) is 4.15. The van der Waals surface area contributed by atoms with Crippen molar-refractivity contribution < 1.29 is 9.72 Å². The van der Waals surface area contributed by atoms with E-state index in [2.05, 4.69) is 24.3 Å². The molecule has 130 valence electrons. The Morgan fingerprint density at radius 1 is 1.12 bits per heavy atom. The van der Waals surface area contributed by atoms with Gasteiger partial charge >= 0.3 is 0 Å². The Labute approximate surface area is 146 Å². The molecule has 0 bridgehead atoms. The lowest BCUT2D eigenvalue weighted by Crippen LogP contribution is -2.40. The lowest BCUT2D eigenvalue weighted by atomic mass is 10.0. The number of nitro groups is 1. The van der Waals surface area contributed by atoms with Crippen molar-refractivity contribution in [3.05, 3.63) is 58.1 Å². The number of benzene rings is 2. The number of carbonyl (C=O) groups excluding carboxylic acids is 1. The first-order chi connectivity index (χ1) is 12.1. The molecule has 0 radical (unpaired) electrons. The monoisotopic (exact) mass is 338 g/mol. The average Bonchev–Trinajstić information content (AvgIpc) is 3.26. The summed E-state index contributed by atoms with van der Waals surface area (Å²) in [7, 11) is 0. The van der Waals surface area contributed by atoms with E-state index in [9.17, 15) is 14.9 Å². The van der Waals surface area contributed by atoms with Gasteiger partial charge in [0.15, 0.2) is 0 Å². The molecule has 2 aromatic carbocycles. The van der Waals surface area contributed by atoms with Crippen molar-refractivity contribution in [3.8, 4) is 0 Å². The molecule has 0 saturated heterocycles. The molecule has 2 atom stereocenters. The Morgan fingerprint density at radius 2 is 1.84 bits per heavy atom. The Bertz CT molecular complexity index is 808. The molecule has 5 nitrogen and oxygen atoms in total. The molecule has 5 heteroatoms. The van der Waals surface area contributed by atoms with Crippen LogP contribution < -0.4 is 0 Å². The van der Waals surface area contributed by atoms with Crippen LogP contribution in [0.25, 0.3) is 10.8 Å². The van der Waals surface area contributed by atoms with Crippen LogP contribution in [-0.4, -0.2) is 27.8 Å². The van der Waals surface area contributed by atoms with Gasteiger partial charge < -0.3 is 4.90 Å². The lowest BCUT2D eigenvalue weighted by molar-refractivity contribution is -0.497. The van der Waals surface area contributed by atoms with Crippen LogP contribution in [0.3, 0.4) is 0 Å². The standard InChI is InChI=1S/C20H22N2O3/c23-20(18-12-19(18)22(24)25)21(16-9-2-3-10-16)13-15-8-5-7-14-6-1-4-11-17(14)15/h1,4-8,11,16,18-19H,2-3,9-10,12-13H2/t18-,19-/m1/s1. The molecular formula is C20H22N2O3. The molecule has 2 fully saturated rings. The fourth-order valence-corrected chi connectivity index (χ4v) is 4.11. The Balaban J connectivity index is 1.62. The van der Waals surface area contributed by atoms with E-state index in [4.69, 9.17) is 0 Å². The number of amides is 1. The molecule has 0 unspecified atom stereocenters. The van der Waals surface area contributed by atoms with E-state index >= 15 is 0 Å². The van der Waals surface area contributed by atoms with Gasteiger partial charge in [0.05, 0.1) is 0 Å². The molecule has 2 aliphatic rings. The minimum Gasteiger partial charge on any atom is -0.335 e. The zero-order valence-electron chi connectivity index (χ0n) is 14.1. The molecular weight excluding hydrogens is 316 g/mol. The van der Waals surface area contributed by atoms with Crippen LogP contribution in [0.2, 0.25) is 0 Å². The molecule has 0 N–H and O–H groups in total. The second kappa shape index (κ2) is 6.47. The largest absolute Gasteiger partial charge is 0.335 e. The molecule has 0 aliphatic heterocycles. The van der Waals surface area contributed by atoms with Crippen LogP contribution in [0.15, 0.2) is 42.5 Å². The van der Waals surface area contributed by atoms with Gasteiger partial charge in [0.1, 0.15) is 5.92 Å². The van der Waals surface area contributed by atoms with Crippen molar-refractivity contribution in [1.29, 1.82) is 0 Å². The first-order valence-electron chi connectivity index (χ1n) is 9.06. The Hall–Kier alpha value is -2.43. The summed E-state index contributed by atoms with van der Waals surface area (Å²) >= 11 is 0. The van der Waals surface area contributed by atoms with E-state index in [-0.39, 0.29) is 16.9 Å². The van der Waals surface area contributed by atoms with Gasteiger partial charge in [-0.1, -0.05) is 55.3 Å². The molecule has 0 heterocycles. The van der Waals surface area contributed by atoms with E-state index in [1.807, 2.05) is 23.1 Å². The highest BCUT2D eigenvalue weighted by atomic mass is 16.6. The van der Waals surface area contributed by atoms with Gasteiger partial charge in [-0.15, -0.1) is 0 Å². The quantitative estimate of drug-likeness (QED) is 0.616. The second-order valence-corrected chi connectivity index (χ2v) is 7.24. The second-order valence-electron chi connectivity index (χ2n) is 7.24. The number of carbonyl (C=O) groups is 1. The average molecular weight is 338 g/mol. The van der Waals surface area contributed by atoms with E-state index in [0.29, 0.717) is 13.0 Å². The molecule has 4 rings (SSSR count). The zero-order chi connectivity index (χ0) is 17.4. The lowest BCUT2D eigenvalue weighted by Gasteiger charge is -2.29. The van der Waals surface area contributed by atoms with Crippen LogP contribution in [0, 0.1) is 16.0 Å². The summed E-state index contributed by atoms with van der Waals surface area (Å²) in [5, 5.41) is 13.3. The number of rotatable bonds is 5. The molecule has 1 amide bonds. The maximum absolute atomic E-state index is 13.0. The van der Waals surface area contributed by atoms with Crippen LogP contribution in [-0.2, 0) is 11.3 Å². The minimum atomic E-state index is -0.677. The first kappa shape index (κ1) is 16.1. The predicted octanol–water partition coefficient (Wildman–Crippen LogP) is 3.78. The zero-order valence-corrected chi connectivity index (χ0v) is 14.1. The maximum Gasteiger partial charge on any atom is 0.233 e. The third-order valence-corrected chi connectivity index (χ3v) is 5.61. The summed E-state index contributed by atoms with van der Waals surface area (Å²) in [5.74, 6) is -0.452. The highest BCUT2D eigenvalue weighted by Gasteiger charge is 2.55. The van der Waals surface area contributed by atoms with Gasteiger partial charge in [0.25, 0.3) is 0 Å². The maximum atomic E-state index is 13.0. The van der Waals surface area contributed by atoms with Crippen molar-refractivity contribution in [3.63, 3.8) is 0 Å². The van der Waals surface area contributed by atoms with Gasteiger partial charge in [0, 0.05) is 23.9 Å².